The molecule has 106 valence electrons. The first-order chi connectivity index (χ1) is 9.76. The van der Waals surface area contributed by atoms with Crippen LogP contribution in [-0.2, 0) is 11.5 Å². The molecule has 1 aliphatic rings. The summed E-state index contributed by atoms with van der Waals surface area (Å²) >= 11 is 1.60. The van der Waals surface area contributed by atoms with Gasteiger partial charge in [-0.1, -0.05) is 0 Å². The minimum Gasteiger partial charge on any atom is -0.496 e. The van der Waals surface area contributed by atoms with E-state index in [1.54, 1.807) is 24.9 Å². The predicted octanol–water partition coefficient (Wildman–Crippen LogP) is 3.53. The van der Waals surface area contributed by atoms with Gasteiger partial charge in [-0.25, -0.2) is 4.39 Å². The molecule has 0 aliphatic heterocycles. The number of aromatic nitrogens is 2. The van der Waals surface area contributed by atoms with E-state index in [0.29, 0.717) is 29.1 Å². The molecule has 1 aromatic heterocycles. The Morgan fingerprint density at radius 3 is 2.95 bits per heavy atom. The van der Waals surface area contributed by atoms with E-state index in [1.165, 1.54) is 12.1 Å². The zero-order valence-electron chi connectivity index (χ0n) is 11.1. The predicted molar refractivity (Wildman–Crippen MR) is 74.2 cm³/mol. The van der Waals surface area contributed by atoms with Crippen molar-refractivity contribution in [3.05, 3.63) is 41.4 Å². The summed E-state index contributed by atoms with van der Waals surface area (Å²) in [6.07, 6.45) is 2.30. The summed E-state index contributed by atoms with van der Waals surface area (Å²) in [7, 11) is 1.58. The maximum atomic E-state index is 13.2. The van der Waals surface area contributed by atoms with Gasteiger partial charge in [-0.15, -0.1) is 22.0 Å². The average Bonchev–Trinajstić information content (AvgIpc) is 3.19. The van der Waals surface area contributed by atoms with Gasteiger partial charge < -0.3 is 9.15 Å². The molecular formula is C14H15FN2O2S. The fourth-order valence-corrected chi connectivity index (χ4v) is 2.77. The third kappa shape index (κ3) is 3.12. The van der Waals surface area contributed by atoms with E-state index < -0.39 is 0 Å². The molecule has 1 saturated carbocycles. The number of halogens is 1. The van der Waals surface area contributed by atoms with E-state index in [-0.39, 0.29) is 5.82 Å². The average molecular weight is 294 g/mol. The van der Waals surface area contributed by atoms with Crippen molar-refractivity contribution in [2.45, 2.75) is 30.3 Å². The number of benzene rings is 1. The van der Waals surface area contributed by atoms with E-state index in [1.807, 2.05) is 0 Å². The number of hydrogen-bond donors (Lipinski definition) is 0. The topological polar surface area (TPSA) is 48.2 Å². The Labute approximate surface area is 120 Å². The lowest BCUT2D eigenvalue weighted by Gasteiger charge is -2.07. The number of hydrogen-bond acceptors (Lipinski definition) is 5. The zero-order chi connectivity index (χ0) is 13.9. The van der Waals surface area contributed by atoms with Crippen molar-refractivity contribution in [3.8, 4) is 5.75 Å². The van der Waals surface area contributed by atoms with Crippen molar-refractivity contribution in [2.75, 3.05) is 7.11 Å². The van der Waals surface area contributed by atoms with Crippen LogP contribution in [0.1, 0.15) is 36.1 Å². The van der Waals surface area contributed by atoms with Crippen LogP contribution in [0.15, 0.2) is 22.6 Å². The summed E-state index contributed by atoms with van der Waals surface area (Å²) in [5.74, 6) is 3.57. The smallest absolute Gasteiger partial charge is 0.226 e. The van der Waals surface area contributed by atoms with Crippen LogP contribution in [0.4, 0.5) is 4.39 Å². The first-order valence-corrected chi connectivity index (χ1v) is 7.64. The highest BCUT2D eigenvalue weighted by Crippen LogP contribution is 2.39. The lowest BCUT2D eigenvalue weighted by molar-refractivity contribution is 0.410. The Kier molecular flexibility index (Phi) is 3.91. The van der Waals surface area contributed by atoms with E-state index in [0.717, 1.165) is 24.3 Å². The first-order valence-electron chi connectivity index (χ1n) is 6.48. The summed E-state index contributed by atoms with van der Waals surface area (Å²) in [5, 5.41) is 8.06. The molecule has 0 radical (unpaired) electrons. The zero-order valence-corrected chi connectivity index (χ0v) is 12.0. The molecule has 0 N–H and O–H groups in total. The van der Waals surface area contributed by atoms with Crippen molar-refractivity contribution in [1.82, 2.24) is 10.2 Å². The van der Waals surface area contributed by atoms with Gasteiger partial charge in [0.25, 0.3) is 0 Å². The SMILES string of the molecule is COc1ccc(F)cc1CSCc1nnc(C2CC2)o1. The Hall–Kier alpha value is -1.56. The minimum atomic E-state index is -0.254. The molecule has 1 aliphatic carbocycles. The molecule has 1 aromatic carbocycles. The molecule has 0 spiro atoms. The second kappa shape index (κ2) is 5.83. The van der Waals surface area contributed by atoms with E-state index in [4.69, 9.17) is 9.15 Å². The molecule has 0 bridgehead atoms. The highest BCUT2D eigenvalue weighted by atomic mass is 32.2. The van der Waals surface area contributed by atoms with Crippen molar-refractivity contribution < 1.29 is 13.5 Å². The molecule has 4 nitrogen and oxygen atoms in total. The third-order valence-electron chi connectivity index (χ3n) is 3.13. The van der Waals surface area contributed by atoms with Crippen LogP contribution in [0.2, 0.25) is 0 Å². The monoisotopic (exact) mass is 294 g/mol. The summed E-state index contributed by atoms with van der Waals surface area (Å²) in [6, 6.07) is 4.53. The highest BCUT2D eigenvalue weighted by Gasteiger charge is 2.29. The molecule has 20 heavy (non-hydrogen) atoms. The van der Waals surface area contributed by atoms with E-state index in [2.05, 4.69) is 10.2 Å². The van der Waals surface area contributed by atoms with Gasteiger partial charge in [0.15, 0.2) is 0 Å². The van der Waals surface area contributed by atoms with Crippen molar-refractivity contribution in [1.29, 1.82) is 0 Å². The Morgan fingerprint density at radius 2 is 2.20 bits per heavy atom. The normalized spacial score (nSPS) is 14.5. The fourth-order valence-electron chi connectivity index (χ4n) is 1.93. The van der Waals surface area contributed by atoms with Crippen LogP contribution >= 0.6 is 11.8 Å². The van der Waals surface area contributed by atoms with Crippen LogP contribution in [0.5, 0.6) is 5.75 Å². The molecule has 1 heterocycles. The molecule has 0 amide bonds. The van der Waals surface area contributed by atoms with Crippen LogP contribution in [-0.4, -0.2) is 17.3 Å². The van der Waals surface area contributed by atoms with Crippen LogP contribution in [0.25, 0.3) is 0 Å². The summed E-state index contributed by atoms with van der Waals surface area (Å²) in [6.45, 7) is 0. The van der Waals surface area contributed by atoms with Gasteiger partial charge >= 0.3 is 0 Å². The van der Waals surface area contributed by atoms with Crippen LogP contribution in [0.3, 0.4) is 0 Å². The standard InChI is InChI=1S/C14H15FN2O2S/c1-18-12-5-4-11(15)6-10(12)7-20-8-13-16-17-14(19-13)9-2-3-9/h4-6,9H,2-3,7-8H2,1H3. The van der Waals surface area contributed by atoms with Gasteiger partial charge in [-0.05, 0) is 31.0 Å². The maximum absolute atomic E-state index is 13.2. The van der Waals surface area contributed by atoms with Gasteiger partial charge in [-0.3, -0.25) is 0 Å². The minimum absolute atomic E-state index is 0.254. The number of nitrogens with zero attached hydrogens (tertiary/aromatic N) is 2. The van der Waals surface area contributed by atoms with Gasteiger partial charge in [0.2, 0.25) is 11.8 Å². The van der Waals surface area contributed by atoms with Gasteiger partial charge in [0.1, 0.15) is 11.6 Å². The Bertz CT molecular complexity index is 599. The van der Waals surface area contributed by atoms with E-state index in [9.17, 15) is 4.39 Å². The molecule has 0 unspecified atom stereocenters. The molecule has 3 rings (SSSR count). The molecular weight excluding hydrogens is 279 g/mol. The number of thioether (sulfide) groups is 1. The van der Waals surface area contributed by atoms with Crippen molar-refractivity contribution in [3.63, 3.8) is 0 Å². The van der Waals surface area contributed by atoms with Crippen LogP contribution < -0.4 is 4.74 Å². The van der Waals surface area contributed by atoms with Gasteiger partial charge in [0, 0.05) is 17.2 Å². The Morgan fingerprint density at radius 1 is 1.35 bits per heavy atom. The molecule has 1 fully saturated rings. The number of methoxy groups -OCH3 is 1. The lowest BCUT2D eigenvalue weighted by atomic mass is 10.2. The number of ether oxygens (including phenoxy) is 1. The summed E-state index contributed by atoms with van der Waals surface area (Å²) < 4.78 is 24.0. The fraction of sp³-hybridized carbons (Fsp3) is 0.429. The largest absolute Gasteiger partial charge is 0.496 e. The van der Waals surface area contributed by atoms with Crippen molar-refractivity contribution in [2.24, 2.45) is 0 Å². The summed E-state index contributed by atoms with van der Waals surface area (Å²) in [5.41, 5.74) is 0.833. The molecule has 2 aromatic rings. The van der Waals surface area contributed by atoms with E-state index >= 15 is 0 Å². The quantitative estimate of drug-likeness (QED) is 0.815. The van der Waals surface area contributed by atoms with Crippen LogP contribution in [0, 0.1) is 5.82 Å². The Balaban J connectivity index is 1.57. The second-order valence-corrected chi connectivity index (χ2v) is 5.74. The number of rotatable bonds is 6. The van der Waals surface area contributed by atoms with Gasteiger partial charge in [0.05, 0.1) is 12.9 Å². The second-order valence-electron chi connectivity index (χ2n) is 4.76. The summed E-state index contributed by atoms with van der Waals surface area (Å²) in [4.78, 5) is 0. The third-order valence-corrected chi connectivity index (χ3v) is 4.10. The lowest BCUT2D eigenvalue weighted by Crippen LogP contribution is -1.92. The van der Waals surface area contributed by atoms with Crippen molar-refractivity contribution >= 4 is 11.8 Å². The van der Waals surface area contributed by atoms with Gasteiger partial charge in [-0.2, -0.15) is 0 Å². The first kappa shape index (κ1) is 13.4. The molecule has 0 atom stereocenters. The maximum Gasteiger partial charge on any atom is 0.226 e. The molecule has 0 saturated heterocycles. The highest BCUT2D eigenvalue weighted by molar-refractivity contribution is 7.97. The molecule has 6 heteroatoms.